The third kappa shape index (κ3) is 3.25. The van der Waals surface area contributed by atoms with E-state index in [0.29, 0.717) is 6.04 Å². The second-order valence-corrected chi connectivity index (χ2v) is 6.14. The molecule has 118 valence electrons. The van der Waals surface area contributed by atoms with Crippen LogP contribution >= 0.6 is 0 Å². The molecule has 0 radical (unpaired) electrons. The molecule has 5 nitrogen and oxygen atoms in total. The second-order valence-electron chi connectivity index (χ2n) is 6.14. The van der Waals surface area contributed by atoms with Gasteiger partial charge in [0.05, 0.1) is 6.26 Å². The Hall–Kier alpha value is -2.01. The van der Waals surface area contributed by atoms with Crippen LogP contribution in [0.25, 0.3) is 11.0 Å². The number of hydrogen-bond donors (Lipinski definition) is 1. The Balaban J connectivity index is 1.63. The highest BCUT2D eigenvalue weighted by Crippen LogP contribution is 2.21. The minimum absolute atomic E-state index is 0.0118. The summed E-state index contributed by atoms with van der Waals surface area (Å²) in [6, 6.07) is 8.16. The van der Waals surface area contributed by atoms with Crippen LogP contribution in [-0.2, 0) is 0 Å². The molecule has 0 spiro atoms. The zero-order valence-corrected chi connectivity index (χ0v) is 13.2. The van der Waals surface area contributed by atoms with Crippen LogP contribution in [0.1, 0.15) is 19.3 Å². The van der Waals surface area contributed by atoms with Gasteiger partial charge in [-0.3, -0.25) is 0 Å². The van der Waals surface area contributed by atoms with Crippen LogP contribution in [-0.4, -0.2) is 49.1 Å². The lowest BCUT2D eigenvalue weighted by atomic mass is 10.1. The number of carbonyl (C=O) groups is 1. The number of anilines is 1. The Bertz CT molecular complexity index is 650. The number of amides is 2. The number of hydrogen-bond acceptors (Lipinski definition) is 3. The number of benzene rings is 1. The van der Waals surface area contributed by atoms with Crippen LogP contribution in [0.4, 0.5) is 10.5 Å². The maximum absolute atomic E-state index is 12.4. The van der Waals surface area contributed by atoms with Crippen molar-refractivity contribution in [2.24, 2.45) is 0 Å². The van der Waals surface area contributed by atoms with Crippen LogP contribution in [0, 0.1) is 0 Å². The average Bonchev–Trinajstić information content (AvgIpc) is 2.80. The molecule has 2 amide bonds. The second kappa shape index (κ2) is 6.40. The maximum atomic E-state index is 12.4. The Kier molecular flexibility index (Phi) is 4.34. The average molecular weight is 301 g/mol. The number of nitrogens with zero attached hydrogens (tertiary/aromatic N) is 2. The summed E-state index contributed by atoms with van der Waals surface area (Å²) in [5, 5.41) is 4.00. The van der Waals surface area contributed by atoms with Gasteiger partial charge in [0, 0.05) is 30.2 Å². The van der Waals surface area contributed by atoms with E-state index in [9.17, 15) is 4.79 Å². The van der Waals surface area contributed by atoms with Gasteiger partial charge in [-0.2, -0.15) is 0 Å². The number of nitrogens with one attached hydrogen (secondary N) is 1. The molecule has 22 heavy (non-hydrogen) atoms. The van der Waals surface area contributed by atoms with Gasteiger partial charge in [-0.1, -0.05) is 0 Å². The Morgan fingerprint density at radius 1 is 1.27 bits per heavy atom. The largest absolute Gasteiger partial charge is 0.464 e. The van der Waals surface area contributed by atoms with E-state index in [0.717, 1.165) is 49.0 Å². The fraction of sp³-hybridized carbons (Fsp3) is 0.471. The summed E-state index contributed by atoms with van der Waals surface area (Å²) in [4.78, 5) is 16.6. The van der Waals surface area contributed by atoms with Crippen molar-refractivity contribution < 1.29 is 9.21 Å². The first-order valence-electron chi connectivity index (χ1n) is 7.83. The molecule has 1 aromatic heterocycles. The van der Waals surface area contributed by atoms with Crippen molar-refractivity contribution >= 4 is 22.7 Å². The zero-order valence-electron chi connectivity index (χ0n) is 13.2. The summed E-state index contributed by atoms with van der Waals surface area (Å²) in [5.74, 6) is 0. The third-order valence-electron chi connectivity index (χ3n) is 4.42. The van der Waals surface area contributed by atoms with Crippen molar-refractivity contribution in [3.63, 3.8) is 0 Å². The lowest BCUT2D eigenvalue weighted by Gasteiger charge is -2.23. The predicted octanol–water partition coefficient (Wildman–Crippen LogP) is 3.38. The van der Waals surface area contributed by atoms with Crippen molar-refractivity contribution in [2.45, 2.75) is 25.3 Å². The molecule has 2 heterocycles. The Labute approximate surface area is 130 Å². The lowest BCUT2D eigenvalue weighted by Crippen LogP contribution is -2.36. The van der Waals surface area contributed by atoms with Crippen LogP contribution in [0.15, 0.2) is 34.9 Å². The molecule has 1 fully saturated rings. The highest BCUT2D eigenvalue weighted by molar-refractivity contribution is 5.92. The topological polar surface area (TPSA) is 48.7 Å². The number of likely N-dealkylation sites (tertiary alicyclic amines) is 1. The quantitative estimate of drug-likeness (QED) is 0.925. The van der Waals surface area contributed by atoms with Gasteiger partial charge in [-0.15, -0.1) is 0 Å². The monoisotopic (exact) mass is 301 g/mol. The van der Waals surface area contributed by atoms with Crippen molar-refractivity contribution in [3.8, 4) is 0 Å². The summed E-state index contributed by atoms with van der Waals surface area (Å²) >= 11 is 0. The Morgan fingerprint density at radius 3 is 2.95 bits per heavy atom. The standard InChI is InChI=1S/C17H23N3O2/c1-19(2)15-4-3-9-20(10-7-15)17(21)18-14-5-6-16-13(12-14)8-11-22-16/h5-6,8,11-12,15H,3-4,7,9-10H2,1-2H3,(H,18,21)/t15-/m0/s1. The minimum Gasteiger partial charge on any atom is -0.464 e. The van der Waals surface area contributed by atoms with Crippen LogP contribution < -0.4 is 5.32 Å². The van der Waals surface area contributed by atoms with E-state index in [1.54, 1.807) is 6.26 Å². The van der Waals surface area contributed by atoms with Crippen molar-refractivity contribution in [1.82, 2.24) is 9.80 Å². The first kappa shape index (κ1) is 14.9. The maximum Gasteiger partial charge on any atom is 0.321 e. The van der Waals surface area contributed by atoms with Crippen molar-refractivity contribution in [3.05, 3.63) is 30.5 Å². The number of carbonyl (C=O) groups excluding carboxylic acids is 1. The smallest absolute Gasteiger partial charge is 0.321 e. The van der Waals surface area contributed by atoms with Gasteiger partial charge in [0.1, 0.15) is 5.58 Å². The highest BCUT2D eigenvalue weighted by Gasteiger charge is 2.21. The molecule has 0 saturated carbocycles. The summed E-state index contributed by atoms with van der Waals surface area (Å²) in [6.45, 7) is 1.63. The molecule has 1 aliphatic rings. The molecule has 0 unspecified atom stereocenters. The lowest BCUT2D eigenvalue weighted by molar-refractivity contribution is 0.210. The molecule has 5 heteroatoms. The van der Waals surface area contributed by atoms with E-state index < -0.39 is 0 Å². The van der Waals surface area contributed by atoms with Gasteiger partial charge >= 0.3 is 6.03 Å². The van der Waals surface area contributed by atoms with Crippen LogP contribution in [0.3, 0.4) is 0 Å². The number of rotatable bonds is 2. The molecular formula is C17H23N3O2. The normalized spacial score (nSPS) is 19.4. The first-order chi connectivity index (χ1) is 10.6. The fourth-order valence-electron chi connectivity index (χ4n) is 3.05. The van der Waals surface area contributed by atoms with E-state index in [1.165, 1.54) is 0 Å². The van der Waals surface area contributed by atoms with E-state index in [4.69, 9.17) is 4.42 Å². The number of fused-ring (bicyclic) bond motifs is 1. The molecular weight excluding hydrogens is 278 g/mol. The molecule has 1 atom stereocenters. The predicted molar refractivity (Wildman–Crippen MR) is 88.1 cm³/mol. The number of furan rings is 1. The molecule has 1 aliphatic heterocycles. The summed E-state index contributed by atoms with van der Waals surface area (Å²) in [5.41, 5.74) is 1.65. The SMILES string of the molecule is CN(C)[C@H]1CCCN(C(=O)Nc2ccc3occc3c2)CC1. The highest BCUT2D eigenvalue weighted by atomic mass is 16.3. The number of urea groups is 1. The Morgan fingerprint density at radius 2 is 2.14 bits per heavy atom. The summed E-state index contributed by atoms with van der Waals surface area (Å²) in [6.07, 6.45) is 4.89. The fourth-order valence-corrected chi connectivity index (χ4v) is 3.05. The van der Waals surface area contributed by atoms with Crippen molar-refractivity contribution in [2.75, 3.05) is 32.5 Å². The molecule has 0 bridgehead atoms. The van der Waals surface area contributed by atoms with Gasteiger partial charge < -0.3 is 19.5 Å². The third-order valence-corrected chi connectivity index (χ3v) is 4.42. The van der Waals surface area contributed by atoms with Crippen LogP contribution in [0.2, 0.25) is 0 Å². The molecule has 1 N–H and O–H groups in total. The van der Waals surface area contributed by atoms with Crippen LogP contribution in [0.5, 0.6) is 0 Å². The minimum atomic E-state index is -0.0118. The van der Waals surface area contributed by atoms with E-state index in [2.05, 4.69) is 24.3 Å². The molecule has 3 rings (SSSR count). The molecule has 1 aromatic carbocycles. The van der Waals surface area contributed by atoms with E-state index in [1.807, 2.05) is 29.2 Å². The first-order valence-corrected chi connectivity index (χ1v) is 7.83. The molecule has 1 saturated heterocycles. The zero-order chi connectivity index (χ0) is 15.5. The van der Waals surface area contributed by atoms with Gasteiger partial charge in [-0.25, -0.2) is 4.79 Å². The van der Waals surface area contributed by atoms with Gasteiger partial charge in [0.2, 0.25) is 0 Å². The summed E-state index contributed by atoms with van der Waals surface area (Å²) in [7, 11) is 4.22. The van der Waals surface area contributed by atoms with Crippen molar-refractivity contribution in [1.29, 1.82) is 0 Å². The molecule has 0 aliphatic carbocycles. The molecule has 2 aromatic rings. The van der Waals surface area contributed by atoms with Gasteiger partial charge in [0.15, 0.2) is 0 Å². The van der Waals surface area contributed by atoms with Gasteiger partial charge in [0.25, 0.3) is 0 Å². The van der Waals surface area contributed by atoms with E-state index >= 15 is 0 Å². The summed E-state index contributed by atoms with van der Waals surface area (Å²) < 4.78 is 5.32. The van der Waals surface area contributed by atoms with E-state index in [-0.39, 0.29) is 6.03 Å². The van der Waals surface area contributed by atoms with Gasteiger partial charge in [-0.05, 0) is 57.6 Å².